The Balaban J connectivity index is 0.000000289. The molecule has 0 amide bonds. The molecule has 0 aliphatic carbocycles. The molecule has 14 heteroatoms. The summed E-state index contributed by atoms with van der Waals surface area (Å²) in [5.41, 5.74) is 5.04. The number of aromatic nitrogens is 2. The van der Waals surface area contributed by atoms with Crippen LogP contribution >= 0.6 is 0 Å². The summed E-state index contributed by atoms with van der Waals surface area (Å²) in [4.78, 5) is 17.6. The summed E-state index contributed by atoms with van der Waals surface area (Å²) in [6.07, 6.45) is -3.80. The summed E-state index contributed by atoms with van der Waals surface area (Å²) in [5.74, 6) is -6.01. The van der Waals surface area contributed by atoms with Gasteiger partial charge in [0.1, 0.15) is 11.9 Å². The predicted molar refractivity (Wildman–Crippen MR) is 137 cm³/mol. The largest absolute Gasteiger partial charge is 0.542 e. The number of aryl methyl sites for hydroxylation is 2. The van der Waals surface area contributed by atoms with E-state index in [4.69, 9.17) is 19.8 Å². The molecule has 0 saturated heterocycles. The monoisotopic (exact) mass is 596 g/mol. The predicted octanol–water partition coefficient (Wildman–Crippen LogP) is 2.48. The topological polar surface area (TPSA) is 112 Å². The third kappa shape index (κ3) is 8.69. The smallest absolute Gasteiger partial charge is 0.430 e. The van der Waals surface area contributed by atoms with Crippen LogP contribution in [0.25, 0.3) is 21.8 Å². The standard InChI is InChI=1S/C24H24N4.2C2HF3O2/c1-3-9-23-19(7-1)21-11-17-27(23)15-6-16-28-18-12-22(26-14-5-13-25-21)20-8-2-4-10-24(20)28;2*3-2(4,5)1(6)7/h1-4,7-12,17-18H,5-6,13-16H2;2*(H,6,7). The number of halogens is 6. The summed E-state index contributed by atoms with van der Waals surface area (Å²) in [7, 11) is 0. The van der Waals surface area contributed by atoms with E-state index in [2.05, 4.69) is 92.8 Å². The van der Waals surface area contributed by atoms with Crippen LogP contribution in [0.1, 0.15) is 12.8 Å². The number of nitrogens with zero attached hydrogens (tertiary/aromatic N) is 2. The zero-order valence-electron chi connectivity index (χ0n) is 22.0. The first-order valence-corrected chi connectivity index (χ1v) is 12.7. The van der Waals surface area contributed by atoms with Gasteiger partial charge in [0.2, 0.25) is 11.0 Å². The van der Waals surface area contributed by atoms with Crippen molar-refractivity contribution in [2.24, 2.45) is 0 Å². The highest BCUT2D eigenvalue weighted by Crippen LogP contribution is 2.22. The summed E-state index contributed by atoms with van der Waals surface area (Å²) in [6.45, 7) is 3.90. The van der Waals surface area contributed by atoms with Gasteiger partial charge in [-0.3, -0.25) is 0 Å². The first-order valence-electron chi connectivity index (χ1n) is 12.7. The first-order chi connectivity index (χ1) is 19.8. The SMILES string of the molecule is O=C([O-])C(F)(F)F.O=C([O-])C(F)(F)F.c1ccc2c(c1)c1cc[n+]2CCC[n+]2ccc(c3ccccc32)NCCCN1. The lowest BCUT2D eigenvalue weighted by atomic mass is 10.1. The highest BCUT2D eigenvalue weighted by atomic mass is 19.4. The molecule has 0 atom stereocenters. The van der Waals surface area contributed by atoms with Gasteiger partial charge in [0.05, 0.1) is 28.6 Å². The second-order valence-electron chi connectivity index (χ2n) is 9.01. The second kappa shape index (κ2) is 13.8. The van der Waals surface area contributed by atoms with Gasteiger partial charge in [-0.05, 0) is 18.6 Å². The number of carbonyl (C=O) groups is 2. The van der Waals surface area contributed by atoms with Gasteiger partial charge in [0.25, 0.3) is 0 Å². The fraction of sp³-hybridized carbons (Fsp3) is 0.286. The average molecular weight is 597 g/mol. The maximum absolute atomic E-state index is 10.5. The molecule has 4 aromatic rings. The Labute approximate surface area is 235 Å². The molecule has 0 saturated carbocycles. The van der Waals surface area contributed by atoms with Crippen molar-refractivity contribution in [2.75, 3.05) is 23.7 Å². The van der Waals surface area contributed by atoms with Gasteiger partial charge in [-0.25, -0.2) is 0 Å². The van der Waals surface area contributed by atoms with Crippen molar-refractivity contribution < 1.29 is 55.3 Å². The van der Waals surface area contributed by atoms with Crippen molar-refractivity contribution in [3.8, 4) is 0 Å². The van der Waals surface area contributed by atoms with Crippen LogP contribution in [0.4, 0.5) is 37.7 Å². The van der Waals surface area contributed by atoms with E-state index in [1.165, 1.54) is 33.2 Å². The van der Waals surface area contributed by atoms with Crippen molar-refractivity contribution in [1.82, 2.24) is 0 Å². The van der Waals surface area contributed by atoms with Gasteiger partial charge < -0.3 is 30.4 Å². The molecule has 0 unspecified atom stereocenters. The molecule has 8 nitrogen and oxygen atoms in total. The molecule has 2 aromatic carbocycles. The fourth-order valence-electron chi connectivity index (χ4n) is 4.22. The Kier molecular flexibility index (Phi) is 10.5. The van der Waals surface area contributed by atoms with Crippen molar-refractivity contribution >= 4 is 45.1 Å². The number of hydrogen-bond donors (Lipinski definition) is 2. The van der Waals surface area contributed by atoms with Gasteiger partial charge in [-0.2, -0.15) is 35.5 Å². The van der Waals surface area contributed by atoms with Gasteiger partial charge in [0.15, 0.2) is 25.5 Å². The molecule has 0 radical (unpaired) electrons. The summed E-state index contributed by atoms with van der Waals surface area (Å²) in [6, 6.07) is 21.8. The molecule has 4 bridgehead atoms. The number of hydrogen-bond acceptors (Lipinski definition) is 6. The molecule has 2 N–H and O–H groups in total. The third-order valence-electron chi connectivity index (χ3n) is 6.09. The number of carbonyl (C=O) groups excluding carboxylic acids is 2. The van der Waals surface area contributed by atoms with E-state index in [0.29, 0.717) is 0 Å². The van der Waals surface area contributed by atoms with Crippen LogP contribution in [0.5, 0.6) is 0 Å². The Morgan fingerprint density at radius 1 is 0.619 bits per heavy atom. The van der Waals surface area contributed by atoms with E-state index >= 15 is 0 Å². The van der Waals surface area contributed by atoms with E-state index in [1.807, 2.05) is 0 Å². The zero-order chi connectivity index (χ0) is 30.9. The first kappa shape index (κ1) is 31.9. The molecule has 0 spiro atoms. The van der Waals surface area contributed by atoms with Crippen molar-refractivity contribution in [3.63, 3.8) is 0 Å². The lowest BCUT2D eigenvalue weighted by molar-refractivity contribution is -0.702. The fourth-order valence-corrected chi connectivity index (χ4v) is 4.22. The number of nitrogens with one attached hydrogen (secondary N) is 2. The number of rotatable bonds is 0. The minimum absolute atomic E-state index is 0.950. The molecule has 2 aliphatic rings. The minimum Gasteiger partial charge on any atom is -0.542 e. The van der Waals surface area contributed by atoms with E-state index < -0.39 is 24.3 Å². The van der Waals surface area contributed by atoms with Gasteiger partial charge in [-0.15, -0.1) is 0 Å². The van der Waals surface area contributed by atoms with Crippen LogP contribution in [-0.4, -0.2) is 37.4 Å². The lowest BCUT2D eigenvalue weighted by Gasteiger charge is -2.12. The maximum atomic E-state index is 10.5. The number of pyridine rings is 2. The Bertz CT molecular complexity index is 1430. The van der Waals surface area contributed by atoms with Crippen LogP contribution in [0.3, 0.4) is 0 Å². The number of anilines is 2. The average Bonchev–Trinajstić information content (AvgIpc) is 2.93. The molecular weight excluding hydrogens is 570 g/mol. The number of carboxylic acids is 2. The molecular formula is C28H26F6N4O4. The number of carboxylic acid groups (broad SMARTS) is 2. The third-order valence-corrected chi connectivity index (χ3v) is 6.09. The van der Waals surface area contributed by atoms with Crippen LogP contribution in [0.15, 0.2) is 73.1 Å². The highest BCUT2D eigenvalue weighted by molar-refractivity contribution is 5.89. The molecule has 0 fully saturated rings. The number of para-hydroxylation sites is 2. The number of aliphatic carboxylic acids is 2. The van der Waals surface area contributed by atoms with Crippen LogP contribution in [-0.2, 0) is 22.7 Å². The van der Waals surface area contributed by atoms with Crippen molar-refractivity contribution in [1.29, 1.82) is 0 Å². The molecule has 224 valence electrons. The molecule has 2 aromatic heterocycles. The Morgan fingerprint density at radius 3 is 1.33 bits per heavy atom. The van der Waals surface area contributed by atoms with E-state index in [1.54, 1.807) is 0 Å². The summed E-state index contributed by atoms with van der Waals surface area (Å²) >= 11 is 0. The van der Waals surface area contributed by atoms with Crippen molar-refractivity contribution in [2.45, 2.75) is 38.3 Å². The molecule has 4 heterocycles. The Morgan fingerprint density at radius 2 is 0.976 bits per heavy atom. The summed E-state index contributed by atoms with van der Waals surface area (Å²) < 4.78 is 67.9. The minimum atomic E-state index is -5.19. The Hall–Kier alpha value is -4.62. The van der Waals surface area contributed by atoms with Crippen molar-refractivity contribution in [3.05, 3.63) is 73.1 Å². The number of alkyl halides is 6. The number of benzene rings is 2. The maximum Gasteiger partial charge on any atom is 0.430 e. The van der Waals surface area contributed by atoms with Crippen LogP contribution in [0.2, 0.25) is 0 Å². The number of fused-ring (bicyclic) bond motifs is 8. The molecule has 6 rings (SSSR count). The second-order valence-corrected chi connectivity index (χ2v) is 9.01. The van der Waals surface area contributed by atoms with Crippen LogP contribution < -0.4 is 30.0 Å². The summed E-state index contributed by atoms with van der Waals surface area (Å²) in [5, 5.41) is 27.4. The van der Waals surface area contributed by atoms with E-state index in [9.17, 15) is 26.3 Å². The van der Waals surface area contributed by atoms with E-state index in [-0.39, 0.29) is 0 Å². The quantitative estimate of drug-likeness (QED) is 0.239. The normalized spacial score (nSPS) is 13.7. The zero-order valence-corrected chi connectivity index (χ0v) is 22.0. The van der Waals surface area contributed by atoms with Crippen LogP contribution in [0, 0.1) is 0 Å². The van der Waals surface area contributed by atoms with Gasteiger partial charge in [0, 0.05) is 37.4 Å². The van der Waals surface area contributed by atoms with Gasteiger partial charge >= 0.3 is 12.4 Å². The van der Waals surface area contributed by atoms with E-state index in [0.717, 1.165) is 39.0 Å². The molecule has 42 heavy (non-hydrogen) atoms. The molecule has 2 aliphatic heterocycles. The highest BCUT2D eigenvalue weighted by Gasteiger charge is 2.29. The van der Waals surface area contributed by atoms with Gasteiger partial charge in [-0.1, -0.05) is 24.3 Å². The lowest BCUT2D eigenvalue weighted by Crippen LogP contribution is -2.40.